The van der Waals surface area contributed by atoms with Crippen LogP contribution in [0.5, 0.6) is 0 Å². The summed E-state index contributed by atoms with van der Waals surface area (Å²) in [4.78, 5) is 2.42. The SMILES string of the molecule is CC1(C)c2ccccc2-c2ccc(N3c4ccc(B5OC(C)(C)C(C)(C)O5)cc4C=Cc4cc(-c5ccccc5)ccc43)cc21. The highest BCUT2D eigenvalue weighted by molar-refractivity contribution is 6.62. The molecule has 3 aliphatic rings. The van der Waals surface area contributed by atoms with Gasteiger partial charge in [0.15, 0.2) is 0 Å². The van der Waals surface area contributed by atoms with Crippen molar-refractivity contribution in [3.63, 3.8) is 0 Å². The Kier molecular flexibility index (Phi) is 6.13. The van der Waals surface area contributed by atoms with Crippen LogP contribution in [0.2, 0.25) is 0 Å². The zero-order valence-electron chi connectivity index (χ0n) is 26.9. The zero-order chi connectivity index (χ0) is 31.1. The fraction of sp³-hybridized carbons (Fsp3) is 0.220. The second kappa shape index (κ2) is 9.81. The number of hydrogen-bond donors (Lipinski definition) is 0. The number of nitrogens with zero attached hydrogens (tertiary/aromatic N) is 1. The van der Waals surface area contributed by atoms with Gasteiger partial charge in [-0.25, -0.2) is 0 Å². The summed E-state index contributed by atoms with van der Waals surface area (Å²) in [6, 6.07) is 39.9. The van der Waals surface area contributed by atoms with Gasteiger partial charge in [-0.15, -0.1) is 0 Å². The summed E-state index contributed by atoms with van der Waals surface area (Å²) in [6.45, 7) is 13.1. The maximum Gasteiger partial charge on any atom is 0.494 e. The Labute approximate surface area is 267 Å². The highest BCUT2D eigenvalue weighted by Gasteiger charge is 2.51. The van der Waals surface area contributed by atoms with Crippen molar-refractivity contribution in [3.8, 4) is 22.3 Å². The summed E-state index contributed by atoms with van der Waals surface area (Å²) >= 11 is 0. The lowest BCUT2D eigenvalue weighted by Gasteiger charge is -2.32. The van der Waals surface area contributed by atoms with E-state index in [-0.39, 0.29) is 5.41 Å². The summed E-state index contributed by atoms with van der Waals surface area (Å²) in [5, 5.41) is 0. The third-order valence-electron chi connectivity index (χ3n) is 10.5. The van der Waals surface area contributed by atoms with Crippen LogP contribution >= 0.6 is 0 Å². The molecule has 0 unspecified atom stereocenters. The minimum atomic E-state index is -0.420. The molecule has 5 aromatic rings. The van der Waals surface area contributed by atoms with Crippen LogP contribution in [0.4, 0.5) is 17.1 Å². The van der Waals surface area contributed by atoms with E-state index in [1.54, 1.807) is 0 Å². The van der Waals surface area contributed by atoms with Gasteiger partial charge in [-0.3, -0.25) is 0 Å². The van der Waals surface area contributed by atoms with Gasteiger partial charge < -0.3 is 14.2 Å². The van der Waals surface area contributed by atoms with E-state index in [1.165, 1.54) is 38.9 Å². The van der Waals surface area contributed by atoms with Crippen LogP contribution in [-0.4, -0.2) is 18.3 Å². The van der Waals surface area contributed by atoms with Gasteiger partial charge in [-0.05, 0) is 108 Å². The van der Waals surface area contributed by atoms with Gasteiger partial charge in [0.05, 0.1) is 22.6 Å². The summed E-state index contributed by atoms with van der Waals surface area (Å²) < 4.78 is 12.9. The molecule has 1 saturated heterocycles. The smallest absolute Gasteiger partial charge is 0.399 e. The quantitative estimate of drug-likeness (QED) is 0.192. The summed E-state index contributed by atoms with van der Waals surface area (Å²) in [5.41, 5.74) is 13.7. The molecule has 0 bridgehead atoms. The average molecular weight is 588 g/mol. The lowest BCUT2D eigenvalue weighted by Crippen LogP contribution is -2.41. The Bertz CT molecular complexity index is 1990. The molecule has 0 saturated carbocycles. The number of hydrogen-bond acceptors (Lipinski definition) is 3. The van der Waals surface area contributed by atoms with E-state index in [9.17, 15) is 0 Å². The van der Waals surface area contributed by atoms with Crippen molar-refractivity contribution in [2.75, 3.05) is 4.90 Å². The van der Waals surface area contributed by atoms with E-state index >= 15 is 0 Å². The molecule has 2 heterocycles. The third kappa shape index (κ3) is 4.34. The monoisotopic (exact) mass is 587 g/mol. The van der Waals surface area contributed by atoms with Crippen molar-refractivity contribution in [3.05, 3.63) is 131 Å². The van der Waals surface area contributed by atoms with Crippen molar-refractivity contribution in [1.82, 2.24) is 0 Å². The molecule has 0 amide bonds. The molecule has 0 spiro atoms. The number of anilines is 3. The summed E-state index contributed by atoms with van der Waals surface area (Å²) in [7, 11) is -0.420. The molecule has 0 N–H and O–H groups in total. The highest BCUT2D eigenvalue weighted by Crippen LogP contribution is 2.51. The van der Waals surface area contributed by atoms with Crippen LogP contribution in [0, 0.1) is 0 Å². The number of benzene rings is 5. The van der Waals surface area contributed by atoms with E-state index in [4.69, 9.17) is 9.31 Å². The van der Waals surface area contributed by atoms with Crippen LogP contribution in [0.1, 0.15) is 63.8 Å². The second-order valence-corrected chi connectivity index (χ2v) is 14.1. The Morgan fingerprint density at radius 3 is 1.89 bits per heavy atom. The summed E-state index contributed by atoms with van der Waals surface area (Å²) in [6.07, 6.45) is 4.49. The maximum atomic E-state index is 6.45. The zero-order valence-corrected chi connectivity index (χ0v) is 26.9. The van der Waals surface area contributed by atoms with Crippen molar-refractivity contribution < 1.29 is 9.31 Å². The van der Waals surface area contributed by atoms with Gasteiger partial charge in [0, 0.05) is 11.1 Å². The van der Waals surface area contributed by atoms with Gasteiger partial charge in [-0.1, -0.05) is 105 Å². The molecule has 222 valence electrons. The van der Waals surface area contributed by atoms with Crippen molar-refractivity contribution in [2.45, 2.75) is 58.2 Å². The second-order valence-electron chi connectivity index (χ2n) is 14.1. The minimum Gasteiger partial charge on any atom is -0.399 e. The molecule has 5 aromatic carbocycles. The first-order chi connectivity index (χ1) is 21.5. The molecule has 0 radical (unpaired) electrons. The standard InChI is InChI=1S/C41H38BNO2/c1-39(2)35-15-11-10-14-33(35)34-21-20-32(26-36(34)39)43-37-22-18-28(27-12-8-7-9-13-27)24-29(37)16-17-30-25-31(19-23-38(30)43)42-44-40(3,4)41(5,6)45-42/h7-26H,1-6H3. The Balaban J connectivity index is 1.29. The van der Waals surface area contributed by atoms with Gasteiger partial charge in [-0.2, -0.15) is 0 Å². The van der Waals surface area contributed by atoms with Gasteiger partial charge in [0.1, 0.15) is 0 Å². The fourth-order valence-electron chi connectivity index (χ4n) is 7.16. The first-order valence-corrected chi connectivity index (χ1v) is 16.0. The molecule has 4 heteroatoms. The molecule has 3 nitrogen and oxygen atoms in total. The topological polar surface area (TPSA) is 21.7 Å². The van der Waals surface area contributed by atoms with Gasteiger partial charge in [0.25, 0.3) is 0 Å². The molecule has 0 atom stereocenters. The lowest BCUT2D eigenvalue weighted by atomic mass is 9.78. The molecule has 1 aliphatic carbocycles. The molecule has 1 fully saturated rings. The first kappa shape index (κ1) is 28.1. The third-order valence-corrected chi connectivity index (χ3v) is 10.5. The average Bonchev–Trinajstić information content (AvgIpc) is 3.31. The van der Waals surface area contributed by atoms with Crippen molar-refractivity contribution >= 4 is 41.8 Å². The molecule has 8 rings (SSSR count). The highest BCUT2D eigenvalue weighted by atomic mass is 16.7. The Morgan fingerprint density at radius 2 is 1.16 bits per heavy atom. The van der Waals surface area contributed by atoms with Crippen LogP contribution in [0.15, 0.2) is 109 Å². The number of rotatable bonds is 3. The van der Waals surface area contributed by atoms with E-state index in [2.05, 4.69) is 168 Å². The maximum absolute atomic E-state index is 6.45. The van der Waals surface area contributed by atoms with E-state index in [0.717, 1.165) is 28.1 Å². The van der Waals surface area contributed by atoms with Crippen molar-refractivity contribution in [1.29, 1.82) is 0 Å². The predicted molar refractivity (Wildman–Crippen MR) is 189 cm³/mol. The first-order valence-electron chi connectivity index (χ1n) is 16.0. The summed E-state index contributed by atoms with van der Waals surface area (Å²) in [5.74, 6) is 0. The molecule has 2 aliphatic heterocycles. The number of fused-ring (bicyclic) bond motifs is 5. The van der Waals surface area contributed by atoms with E-state index in [1.807, 2.05) is 0 Å². The van der Waals surface area contributed by atoms with Crippen LogP contribution in [-0.2, 0) is 14.7 Å². The Hall–Kier alpha value is -4.38. The largest absolute Gasteiger partial charge is 0.494 e. The van der Waals surface area contributed by atoms with Crippen LogP contribution < -0.4 is 10.4 Å². The van der Waals surface area contributed by atoms with Gasteiger partial charge in [0.2, 0.25) is 0 Å². The lowest BCUT2D eigenvalue weighted by molar-refractivity contribution is 0.00578. The van der Waals surface area contributed by atoms with Gasteiger partial charge >= 0.3 is 7.12 Å². The normalized spacial score (nSPS) is 18.2. The van der Waals surface area contributed by atoms with Crippen molar-refractivity contribution in [2.24, 2.45) is 0 Å². The molecule has 0 aromatic heterocycles. The van der Waals surface area contributed by atoms with E-state index in [0.29, 0.717) is 0 Å². The molecular formula is C41H38BNO2. The minimum absolute atomic E-state index is 0.0878. The fourth-order valence-corrected chi connectivity index (χ4v) is 7.16. The van der Waals surface area contributed by atoms with Crippen LogP contribution in [0.3, 0.4) is 0 Å². The predicted octanol–water partition coefficient (Wildman–Crippen LogP) is 9.91. The molecule has 45 heavy (non-hydrogen) atoms. The van der Waals surface area contributed by atoms with Crippen LogP contribution in [0.25, 0.3) is 34.4 Å². The molecular weight excluding hydrogens is 549 g/mol. The van der Waals surface area contributed by atoms with E-state index < -0.39 is 18.3 Å². The Morgan fingerprint density at radius 1 is 0.533 bits per heavy atom.